The van der Waals surface area contributed by atoms with Crippen LogP contribution >= 0.6 is 15.9 Å². The van der Waals surface area contributed by atoms with Crippen LogP contribution in [0.25, 0.3) is 6.08 Å². The van der Waals surface area contributed by atoms with Crippen molar-refractivity contribution < 1.29 is 24.2 Å². The summed E-state index contributed by atoms with van der Waals surface area (Å²) in [4.78, 5) is 23.3. The minimum Gasteiger partial charge on any atom is -0.493 e. The lowest BCUT2D eigenvalue weighted by atomic mass is 10.0. The molecular formula is C22H19BrN2O5. The van der Waals surface area contributed by atoms with Gasteiger partial charge in [-0.25, -0.2) is 4.79 Å². The fourth-order valence-electron chi connectivity index (χ4n) is 2.57. The second-order valence-corrected chi connectivity index (χ2v) is 6.93. The molecule has 8 heteroatoms. The van der Waals surface area contributed by atoms with Gasteiger partial charge in [-0.2, -0.15) is 5.26 Å². The van der Waals surface area contributed by atoms with Crippen LogP contribution in [0.2, 0.25) is 0 Å². The Bertz CT molecular complexity index is 1020. The number of aliphatic carboxylic acids is 1. The lowest BCUT2D eigenvalue weighted by molar-refractivity contribution is -0.139. The Morgan fingerprint density at radius 3 is 2.57 bits per heavy atom. The van der Waals surface area contributed by atoms with Crippen LogP contribution in [0.4, 0.5) is 5.69 Å². The zero-order valence-corrected chi connectivity index (χ0v) is 17.7. The van der Waals surface area contributed by atoms with Gasteiger partial charge in [-0.3, -0.25) is 4.79 Å². The third-order valence-corrected chi connectivity index (χ3v) is 4.39. The molecule has 0 aromatic heterocycles. The van der Waals surface area contributed by atoms with Gasteiger partial charge in [0.1, 0.15) is 11.6 Å². The van der Waals surface area contributed by atoms with Crippen molar-refractivity contribution >= 4 is 39.6 Å². The van der Waals surface area contributed by atoms with Gasteiger partial charge in [0, 0.05) is 15.7 Å². The Balaban J connectivity index is 2.38. The molecule has 0 aliphatic heterocycles. The molecule has 0 bridgehead atoms. The molecule has 0 spiro atoms. The van der Waals surface area contributed by atoms with Crippen molar-refractivity contribution in [1.29, 1.82) is 5.26 Å². The molecule has 30 heavy (non-hydrogen) atoms. The molecule has 0 atom stereocenters. The van der Waals surface area contributed by atoms with Crippen LogP contribution < -0.4 is 14.8 Å². The Kier molecular flexibility index (Phi) is 8.20. The van der Waals surface area contributed by atoms with Crippen molar-refractivity contribution in [1.82, 2.24) is 0 Å². The summed E-state index contributed by atoms with van der Waals surface area (Å²) in [7, 11) is 1.42. The third-order valence-electron chi connectivity index (χ3n) is 3.86. The molecule has 0 fully saturated rings. The van der Waals surface area contributed by atoms with E-state index in [-0.39, 0.29) is 17.1 Å². The summed E-state index contributed by atoms with van der Waals surface area (Å²) >= 11 is 3.32. The molecular weight excluding hydrogens is 452 g/mol. The molecule has 0 radical (unpaired) electrons. The number of benzene rings is 2. The van der Waals surface area contributed by atoms with Crippen LogP contribution in [0.15, 0.2) is 59.1 Å². The molecule has 154 valence electrons. The van der Waals surface area contributed by atoms with Crippen LogP contribution in [-0.4, -0.2) is 30.7 Å². The number of carbonyl (C=O) groups excluding carboxylic acids is 1. The number of hydrogen-bond acceptors (Lipinski definition) is 5. The van der Waals surface area contributed by atoms with Crippen LogP contribution in [0.3, 0.4) is 0 Å². The van der Waals surface area contributed by atoms with Crippen molar-refractivity contribution in [2.75, 3.05) is 19.0 Å². The van der Waals surface area contributed by atoms with E-state index < -0.39 is 18.5 Å². The highest BCUT2D eigenvalue weighted by Crippen LogP contribution is 2.34. The number of methoxy groups -OCH3 is 1. The van der Waals surface area contributed by atoms with Crippen molar-refractivity contribution in [3.8, 4) is 17.6 Å². The first kappa shape index (κ1) is 22.7. The van der Waals surface area contributed by atoms with E-state index >= 15 is 0 Å². The normalized spacial score (nSPS) is 10.6. The van der Waals surface area contributed by atoms with Crippen LogP contribution in [0.1, 0.15) is 11.1 Å². The molecule has 2 aromatic carbocycles. The first-order valence-corrected chi connectivity index (χ1v) is 9.52. The summed E-state index contributed by atoms with van der Waals surface area (Å²) in [5.74, 6) is -1.13. The number of carboxylic acid groups (broad SMARTS) is 1. The lowest BCUT2D eigenvalue weighted by Gasteiger charge is -2.15. The largest absolute Gasteiger partial charge is 0.493 e. The molecule has 1 amide bonds. The zero-order valence-electron chi connectivity index (χ0n) is 16.1. The minimum atomic E-state index is -1.12. The van der Waals surface area contributed by atoms with Crippen LogP contribution in [0, 0.1) is 11.3 Å². The smallest absolute Gasteiger partial charge is 0.341 e. The summed E-state index contributed by atoms with van der Waals surface area (Å²) in [6.45, 7) is 3.15. The molecule has 0 unspecified atom stereocenters. The fraction of sp³-hybridized carbons (Fsp3) is 0.136. The van der Waals surface area contributed by atoms with Gasteiger partial charge >= 0.3 is 5.97 Å². The second-order valence-electron chi connectivity index (χ2n) is 6.02. The first-order valence-electron chi connectivity index (χ1n) is 8.73. The molecule has 2 aromatic rings. The Hall–Kier alpha value is -3.57. The van der Waals surface area contributed by atoms with Gasteiger partial charge in [0.05, 0.1) is 7.11 Å². The minimum absolute atomic E-state index is 0.108. The van der Waals surface area contributed by atoms with Crippen molar-refractivity contribution in [2.45, 2.75) is 6.42 Å². The average molecular weight is 471 g/mol. The molecule has 2 N–H and O–H groups in total. The number of carbonyl (C=O) groups is 2. The Labute approximate surface area is 182 Å². The second kappa shape index (κ2) is 10.8. The monoisotopic (exact) mass is 470 g/mol. The van der Waals surface area contributed by atoms with Crippen molar-refractivity contribution in [3.63, 3.8) is 0 Å². The molecule has 0 saturated heterocycles. The lowest BCUT2D eigenvalue weighted by Crippen LogP contribution is -2.13. The third kappa shape index (κ3) is 6.22. The fourth-order valence-corrected chi connectivity index (χ4v) is 2.83. The van der Waals surface area contributed by atoms with Crippen molar-refractivity contribution in [3.05, 3.63) is 70.2 Å². The summed E-state index contributed by atoms with van der Waals surface area (Å²) in [6.07, 6.45) is 3.42. The van der Waals surface area contributed by atoms with E-state index in [1.54, 1.807) is 42.5 Å². The summed E-state index contributed by atoms with van der Waals surface area (Å²) in [5, 5.41) is 21.0. The summed E-state index contributed by atoms with van der Waals surface area (Å²) in [5.41, 5.74) is 1.58. The summed E-state index contributed by atoms with van der Waals surface area (Å²) < 4.78 is 11.5. The number of hydrogen-bond donors (Lipinski definition) is 2. The maximum absolute atomic E-state index is 12.5. The number of nitrogens with zero attached hydrogens (tertiary/aromatic N) is 1. The predicted molar refractivity (Wildman–Crippen MR) is 116 cm³/mol. The predicted octanol–water partition coefficient (Wildman–Crippen LogP) is 4.20. The van der Waals surface area contributed by atoms with Gasteiger partial charge in [0.25, 0.3) is 5.91 Å². The van der Waals surface area contributed by atoms with E-state index in [4.69, 9.17) is 14.6 Å². The van der Waals surface area contributed by atoms with E-state index in [0.717, 1.165) is 4.47 Å². The number of nitrogens with one attached hydrogen (secondary N) is 1. The van der Waals surface area contributed by atoms with Crippen LogP contribution in [0.5, 0.6) is 11.5 Å². The number of nitriles is 1. The number of ether oxygens (including phenoxy) is 2. The SMILES string of the molecule is C=CCc1cc(/C=C(/C#N)C(=O)Nc2ccc(Br)cc2)cc(OC)c1OCC(=O)O. The van der Waals surface area contributed by atoms with E-state index in [1.165, 1.54) is 13.2 Å². The molecule has 0 aliphatic rings. The number of anilines is 1. The maximum atomic E-state index is 12.5. The average Bonchev–Trinajstić information content (AvgIpc) is 2.72. The molecule has 0 saturated carbocycles. The quantitative estimate of drug-likeness (QED) is 0.323. The van der Waals surface area contributed by atoms with E-state index in [2.05, 4.69) is 27.8 Å². The molecule has 2 rings (SSSR count). The van der Waals surface area contributed by atoms with E-state index in [9.17, 15) is 14.9 Å². The zero-order chi connectivity index (χ0) is 22.1. The maximum Gasteiger partial charge on any atom is 0.341 e. The van der Waals surface area contributed by atoms with Gasteiger partial charge in [-0.1, -0.05) is 22.0 Å². The molecule has 0 aliphatic carbocycles. The topological polar surface area (TPSA) is 109 Å². The van der Waals surface area contributed by atoms with Crippen molar-refractivity contribution in [2.24, 2.45) is 0 Å². The van der Waals surface area contributed by atoms with E-state index in [0.29, 0.717) is 23.2 Å². The summed E-state index contributed by atoms with van der Waals surface area (Å²) in [6, 6.07) is 12.1. The standard InChI is InChI=1S/C22H19BrN2O5/c1-3-4-15-9-14(11-19(29-2)21(15)30-13-20(26)27)10-16(12-24)22(28)25-18-7-5-17(23)6-8-18/h3,5-11H,1,4,13H2,2H3,(H,25,28)(H,26,27)/b16-10-. The molecule has 7 nitrogen and oxygen atoms in total. The van der Waals surface area contributed by atoms with Gasteiger partial charge in [0.15, 0.2) is 18.1 Å². The number of carboxylic acids is 1. The highest BCUT2D eigenvalue weighted by molar-refractivity contribution is 9.10. The van der Waals surface area contributed by atoms with Gasteiger partial charge in [0.2, 0.25) is 0 Å². The van der Waals surface area contributed by atoms with Gasteiger partial charge < -0.3 is 19.9 Å². The Morgan fingerprint density at radius 2 is 2.00 bits per heavy atom. The number of allylic oxidation sites excluding steroid dienone is 1. The van der Waals surface area contributed by atoms with E-state index in [1.807, 2.05) is 6.07 Å². The highest BCUT2D eigenvalue weighted by Gasteiger charge is 2.15. The van der Waals surface area contributed by atoms with Crippen LogP contribution in [-0.2, 0) is 16.0 Å². The first-order chi connectivity index (χ1) is 14.4. The molecule has 0 heterocycles. The Morgan fingerprint density at radius 1 is 1.30 bits per heavy atom. The van der Waals surface area contributed by atoms with Gasteiger partial charge in [-0.05, 0) is 54.5 Å². The highest BCUT2D eigenvalue weighted by atomic mass is 79.9. The number of rotatable bonds is 9. The number of amides is 1. The number of halogens is 1. The van der Waals surface area contributed by atoms with Gasteiger partial charge in [-0.15, -0.1) is 6.58 Å².